The highest BCUT2D eigenvalue weighted by molar-refractivity contribution is 7.89. The first-order valence-electron chi connectivity index (χ1n) is 5.69. The third-order valence-electron chi connectivity index (χ3n) is 2.52. The SMILES string of the molecule is CS(=O)CCNS(=O)(=O)c1ccc(C(=O)O)c(C(F)(F)F)c1. The minimum atomic E-state index is -5.01. The summed E-state index contributed by atoms with van der Waals surface area (Å²) in [6.45, 7) is -0.215. The van der Waals surface area contributed by atoms with Crippen molar-refractivity contribution in [2.75, 3.05) is 18.6 Å². The normalized spacial score (nSPS) is 13.8. The van der Waals surface area contributed by atoms with Crippen LogP contribution in [0.4, 0.5) is 13.2 Å². The molecular weight excluding hydrogens is 347 g/mol. The van der Waals surface area contributed by atoms with Gasteiger partial charge in [-0.05, 0) is 18.2 Å². The molecule has 1 aromatic carbocycles. The number of carboxylic acid groups (broad SMARTS) is 1. The molecule has 0 saturated heterocycles. The molecule has 1 atom stereocenters. The molecule has 0 aromatic heterocycles. The van der Waals surface area contributed by atoms with Crippen LogP contribution in [-0.4, -0.2) is 42.3 Å². The fraction of sp³-hybridized carbons (Fsp3) is 0.364. The first-order valence-corrected chi connectivity index (χ1v) is 8.90. The number of nitrogens with one attached hydrogen (secondary N) is 1. The zero-order valence-corrected chi connectivity index (χ0v) is 12.8. The Morgan fingerprint density at radius 1 is 1.36 bits per heavy atom. The monoisotopic (exact) mass is 359 g/mol. The lowest BCUT2D eigenvalue weighted by Gasteiger charge is -2.12. The molecule has 0 saturated carbocycles. The first-order chi connectivity index (χ1) is 9.95. The Labute approximate surface area is 126 Å². The third-order valence-corrected chi connectivity index (χ3v) is 4.76. The van der Waals surface area contributed by atoms with Gasteiger partial charge >= 0.3 is 12.1 Å². The van der Waals surface area contributed by atoms with Gasteiger partial charge in [-0.2, -0.15) is 13.2 Å². The van der Waals surface area contributed by atoms with Crippen molar-refractivity contribution in [1.82, 2.24) is 4.72 Å². The summed E-state index contributed by atoms with van der Waals surface area (Å²) < 4.78 is 75.0. The maximum absolute atomic E-state index is 12.8. The molecule has 0 heterocycles. The Hall–Kier alpha value is -1.46. The van der Waals surface area contributed by atoms with Crippen molar-refractivity contribution < 1.29 is 35.7 Å². The van der Waals surface area contributed by atoms with E-state index in [0.29, 0.717) is 6.07 Å². The third kappa shape index (κ3) is 4.78. The number of hydrogen-bond donors (Lipinski definition) is 2. The molecule has 0 spiro atoms. The van der Waals surface area contributed by atoms with Gasteiger partial charge in [-0.3, -0.25) is 4.21 Å². The average Bonchev–Trinajstić information content (AvgIpc) is 2.36. The molecule has 0 amide bonds. The highest BCUT2D eigenvalue weighted by Gasteiger charge is 2.36. The quantitative estimate of drug-likeness (QED) is 0.791. The van der Waals surface area contributed by atoms with Crippen LogP contribution in [0.5, 0.6) is 0 Å². The predicted octanol–water partition coefficient (Wildman–Crippen LogP) is 1.06. The molecule has 1 aromatic rings. The van der Waals surface area contributed by atoms with Gasteiger partial charge < -0.3 is 5.11 Å². The number of carboxylic acids is 1. The van der Waals surface area contributed by atoms with Gasteiger partial charge in [0.2, 0.25) is 10.0 Å². The van der Waals surface area contributed by atoms with Crippen LogP contribution in [0, 0.1) is 0 Å². The maximum Gasteiger partial charge on any atom is 0.417 e. The van der Waals surface area contributed by atoms with Crippen molar-refractivity contribution in [2.24, 2.45) is 0 Å². The van der Waals surface area contributed by atoms with Crippen LogP contribution in [-0.2, 0) is 27.0 Å². The van der Waals surface area contributed by atoms with E-state index in [1.807, 2.05) is 4.72 Å². The van der Waals surface area contributed by atoms with E-state index >= 15 is 0 Å². The molecule has 0 aliphatic heterocycles. The average molecular weight is 359 g/mol. The van der Waals surface area contributed by atoms with Crippen LogP contribution in [0.3, 0.4) is 0 Å². The number of hydrogen-bond acceptors (Lipinski definition) is 4. The summed E-state index contributed by atoms with van der Waals surface area (Å²) in [5, 5.41) is 8.73. The van der Waals surface area contributed by atoms with Crippen molar-refractivity contribution >= 4 is 26.8 Å². The summed E-state index contributed by atoms with van der Waals surface area (Å²) >= 11 is 0. The zero-order valence-electron chi connectivity index (χ0n) is 11.2. The fourth-order valence-electron chi connectivity index (χ4n) is 1.51. The number of benzene rings is 1. The van der Waals surface area contributed by atoms with E-state index in [1.54, 1.807) is 0 Å². The van der Waals surface area contributed by atoms with E-state index < -0.39 is 49.0 Å². The highest BCUT2D eigenvalue weighted by Crippen LogP contribution is 2.33. The second kappa shape index (κ2) is 6.75. The molecule has 11 heteroatoms. The Morgan fingerprint density at radius 3 is 2.41 bits per heavy atom. The van der Waals surface area contributed by atoms with Crippen LogP contribution in [0.2, 0.25) is 0 Å². The molecule has 0 radical (unpaired) electrons. The van der Waals surface area contributed by atoms with Gasteiger partial charge in [-0.1, -0.05) is 0 Å². The molecule has 0 aliphatic carbocycles. The molecule has 6 nitrogen and oxygen atoms in total. The molecule has 0 bridgehead atoms. The Bertz CT molecular complexity index is 700. The standard InChI is InChI=1S/C11H12F3NO5S2/c1-21(18)5-4-15-22(19,20)7-2-3-8(10(16)17)9(6-7)11(12,13)14/h2-3,6,15H,4-5H2,1H3,(H,16,17). The number of carbonyl (C=O) groups is 1. The van der Waals surface area contributed by atoms with Gasteiger partial charge in [0.05, 0.1) is 16.0 Å². The highest BCUT2D eigenvalue weighted by atomic mass is 32.2. The van der Waals surface area contributed by atoms with E-state index in [4.69, 9.17) is 5.11 Å². The number of alkyl halides is 3. The summed E-state index contributed by atoms with van der Waals surface area (Å²) in [5.74, 6) is -1.82. The van der Waals surface area contributed by atoms with Gasteiger partial charge in [0.1, 0.15) is 0 Å². The van der Waals surface area contributed by atoms with Crippen molar-refractivity contribution in [3.63, 3.8) is 0 Å². The van der Waals surface area contributed by atoms with Crippen LogP contribution >= 0.6 is 0 Å². The number of rotatable bonds is 6. The van der Waals surface area contributed by atoms with Crippen molar-refractivity contribution in [2.45, 2.75) is 11.1 Å². The van der Waals surface area contributed by atoms with Gasteiger partial charge in [-0.25, -0.2) is 17.9 Å². The lowest BCUT2D eigenvalue weighted by Crippen LogP contribution is -2.28. The molecular formula is C11H12F3NO5S2. The number of aromatic carboxylic acids is 1. The Kier molecular flexibility index (Phi) is 5.70. The van der Waals surface area contributed by atoms with Gasteiger partial charge in [0, 0.05) is 29.4 Å². The van der Waals surface area contributed by atoms with E-state index in [9.17, 15) is 30.6 Å². The minimum absolute atomic E-state index is 0.00142. The van der Waals surface area contributed by atoms with Crippen LogP contribution in [0.1, 0.15) is 15.9 Å². The van der Waals surface area contributed by atoms with E-state index in [0.717, 1.165) is 6.07 Å². The lowest BCUT2D eigenvalue weighted by molar-refractivity contribution is -0.138. The van der Waals surface area contributed by atoms with Gasteiger partial charge in [0.25, 0.3) is 0 Å². The largest absolute Gasteiger partial charge is 0.478 e. The summed E-state index contributed by atoms with van der Waals surface area (Å²) in [4.78, 5) is 10.1. The summed E-state index contributed by atoms with van der Waals surface area (Å²) in [5.41, 5.74) is -2.59. The number of sulfonamides is 1. The first kappa shape index (κ1) is 18.6. The molecule has 1 unspecified atom stereocenters. The maximum atomic E-state index is 12.8. The van der Waals surface area contributed by atoms with E-state index in [2.05, 4.69) is 0 Å². The Balaban J connectivity index is 3.21. The molecule has 0 aliphatic rings. The van der Waals surface area contributed by atoms with Crippen LogP contribution < -0.4 is 4.72 Å². The molecule has 0 fully saturated rings. The second-order valence-electron chi connectivity index (χ2n) is 4.19. The van der Waals surface area contributed by atoms with Gasteiger partial charge in [0.15, 0.2) is 0 Å². The summed E-state index contributed by atoms with van der Waals surface area (Å²) in [6, 6.07) is 1.61. The summed E-state index contributed by atoms with van der Waals surface area (Å²) in [7, 11) is -5.53. The topological polar surface area (TPSA) is 101 Å². The van der Waals surface area contributed by atoms with Gasteiger partial charge in [-0.15, -0.1) is 0 Å². The lowest BCUT2D eigenvalue weighted by atomic mass is 10.1. The number of halogens is 3. The Morgan fingerprint density at radius 2 is 1.95 bits per heavy atom. The second-order valence-corrected chi connectivity index (χ2v) is 7.51. The molecule has 2 N–H and O–H groups in total. The fourth-order valence-corrected chi connectivity index (χ4v) is 3.09. The summed E-state index contributed by atoms with van der Waals surface area (Å²) in [6.07, 6.45) is -3.66. The van der Waals surface area contributed by atoms with Crippen molar-refractivity contribution in [3.8, 4) is 0 Å². The minimum Gasteiger partial charge on any atom is -0.478 e. The van der Waals surface area contributed by atoms with E-state index in [1.165, 1.54) is 6.26 Å². The van der Waals surface area contributed by atoms with E-state index in [-0.39, 0.29) is 18.4 Å². The van der Waals surface area contributed by atoms with Crippen LogP contribution in [0.15, 0.2) is 23.1 Å². The zero-order chi connectivity index (χ0) is 17.1. The molecule has 1 rings (SSSR count). The van der Waals surface area contributed by atoms with Crippen molar-refractivity contribution in [3.05, 3.63) is 29.3 Å². The predicted molar refractivity (Wildman–Crippen MR) is 72.5 cm³/mol. The molecule has 22 heavy (non-hydrogen) atoms. The molecule has 124 valence electrons. The van der Waals surface area contributed by atoms with Crippen LogP contribution in [0.25, 0.3) is 0 Å². The van der Waals surface area contributed by atoms with Crippen molar-refractivity contribution in [1.29, 1.82) is 0 Å². The smallest absolute Gasteiger partial charge is 0.417 e.